The lowest BCUT2D eigenvalue weighted by Crippen LogP contribution is -2.45. The molecule has 1 saturated carbocycles. The largest absolute Gasteiger partial charge is 0.314 e. The van der Waals surface area contributed by atoms with Crippen LogP contribution in [0, 0.1) is 5.92 Å². The van der Waals surface area contributed by atoms with Crippen molar-refractivity contribution in [3.8, 4) is 0 Å². The number of nitrogens with one attached hydrogen (secondary N) is 1. The molecular formula is C17H25F2N. The predicted octanol–water partition coefficient (Wildman–Crippen LogP) is 4.59. The van der Waals surface area contributed by atoms with Crippen LogP contribution in [0.2, 0.25) is 0 Å². The van der Waals surface area contributed by atoms with Gasteiger partial charge in [-0.3, -0.25) is 0 Å². The summed E-state index contributed by atoms with van der Waals surface area (Å²) in [5.41, 5.74) is 1.36. The molecule has 3 atom stereocenters. The van der Waals surface area contributed by atoms with Gasteiger partial charge in [0.1, 0.15) is 0 Å². The van der Waals surface area contributed by atoms with Gasteiger partial charge in [0.25, 0.3) is 0 Å². The van der Waals surface area contributed by atoms with Crippen molar-refractivity contribution in [3.05, 3.63) is 35.9 Å². The Morgan fingerprint density at radius 1 is 1.15 bits per heavy atom. The molecule has 20 heavy (non-hydrogen) atoms. The monoisotopic (exact) mass is 281 g/mol. The summed E-state index contributed by atoms with van der Waals surface area (Å²) in [5, 5.41) is 3.49. The highest BCUT2D eigenvalue weighted by molar-refractivity contribution is 5.20. The summed E-state index contributed by atoms with van der Waals surface area (Å²) in [4.78, 5) is 0. The van der Waals surface area contributed by atoms with Crippen molar-refractivity contribution in [3.63, 3.8) is 0 Å². The lowest BCUT2D eigenvalue weighted by atomic mass is 9.75. The van der Waals surface area contributed by atoms with Crippen molar-refractivity contribution in [2.24, 2.45) is 5.92 Å². The van der Waals surface area contributed by atoms with Crippen molar-refractivity contribution < 1.29 is 10.2 Å². The second-order valence-electron chi connectivity index (χ2n) is 6.40. The summed E-state index contributed by atoms with van der Waals surface area (Å²) in [6, 6.07) is 10.8. The van der Waals surface area contributed by atoms with Gasteiger partial charge in [0.05, 0.1) is 0 Å². The number of halogens is 2. The van der Waals surface area contributed by atoms with E-state index in [0.29, 0.717) is 12.3 Å². The third-order valence-electron chi connectivity index (χ3n) is 4.96. The zero-order valence-electron chi connectivity index (χ0n) is 11.8. The highest BCUT2D eigenvalue weighted by Gasteiger charge is 2.40. The van der Waals surface area contributed by atoms with Gasteiger partial charge in [-0.05, 0) is 49.6 Å². The average Bonchev–Trinajstić information content (AvgIpc) is 2.47. The van der Waals surface area contributed by atoms with E-state index in [1.165, 1.54) is 5.56 Å². The number of hydrogen-bond acceptors (Lipinski definition) is 1. The molecule has 3 heteroatoms. The van der Waals surface area contributed by atoms with E-state index in [0.717, 1.165) is 25.8 Å². The van der Waals surface area contributed by atoms with Crippen LogP contribution in [0.1, 0.15) is 51.4 Å². The number of piperidine rings is 1. The molecular weight excluding hydrogens is 256 g/mol. The molecule has 2 fully saturated rings. The third-order valence-corrected chi connectivity index (χ3v) is 4.96. The molecule has 0 amide bonds. The highest BCUT2D eigenvalue weighted by atomic mass is 19.3. The summed E-state index contributed by atoms with van der Waals surface area (Å²) in [6.07, 6.45) is 3.90. The maximum Gasteiger partial charge on any atom is 0.248 e. The van der Waals surface area contributed by atoms with Crippen LogP contribution in [0.3, 0.4) is 0 Å². The van der Waals surface area contributed by atoms with Gasteiger partial charge < -0.3 is 5.32 Å². The summed E-state index contributed by atoms with van der Waals surface area (Å²) in [7, 11) is 0. The molecule has 112 valence electrons. The van der Waals surface area contributed by atoms with Gasteiger partial charge >= 0.3 is 0 Å². The topological polar surface area (TPSA) is 12.0 Å². The molecule has 1 aromatic rings. The predicted molar refractivity (Wildman–Crippen MR) is 79.2 cm³/mol. The first-order chi connectivity index (χ1) is 9.64. The third kappa shape index (κ3) is 3.20. The van der Waals surface area contributed by atoms with Gasteiger partial charge in [0, 0.05) is 20.3 Å². The lowest BCUT2D eigenvalue weighted by Gasteiger charge is -2.39. The van der Waals surface area contributed by atoms with E-state index in [2.05, 4.69) is 29.6 Å². The molecule has 0 bridgehead atoms. The van der Waals surface area contributed by atoms with Crippen LogP contribution >= 0.6 is 0 Å². The number of benzene rings is 1. The highest BCUT2D eigenvalue weighted by Crippen LogP contribution is 2.41. The van der Waals surface area contributed by atoms with Crippen LogP contribution in [-0.2, 0) is 0 Å². The van der Waals surface area contributed by atoms with Crippen LogP contribution in [0.15, 0.2) is 30.3 Å². The SMILES string of the molecule is FC1(F)CCC[C@H](C2CC(c3ccccc3)CCN2)C1.[HH]. The van der Waals surface area contributed by atoms with E-state index in [1.807, 2.05) is 6.07 Å². The van der Waals surface area contributed by atoms with E-state index < -0.39 is 5.92 Å². The number of alkyl halides is 2. The van der Waals surface area contributed by atoms with Crippen molar-refractivity contribution in [1.82, 2.24) is 5.32 Å². The minimum atomic E-state index is -2.44. The molecule has 1 aromatic carbocycles. The first-order valence-corrected chi connectivity index (χ1v) is 7.80. The summed E-state index contributed by atoms with van der Waals surface area (Å²) in [6.45, 7) is 0.951. The zero-order valence-corrected chi connectivity index (χ0v) is 11.8. The van der Waals surface area contributed by atoms with Gasteiger partial charge in [-0.2, -0.15) is 0 Å². The smallest absolute Gasteiger partial charge is 0.248 e. The van der Waals surface area contributed by atoms with Crippen molar-refractivity contribution >= 4 is 0 Å². The number of hydrogen-bond donors (Lipinski definition) is 1. The summed E-state index contributed by atoms with van der Waals surface area (Å²) in [5.74, 6) is -1.77. The number of rotatable bonds is 2. The molecule has 0 radical (unpaired) electrons. The quantitative estimate of drug-likeness (QED) is 0.835. The van der Waals surface area contributed by atoms with Gasteiger partial charge in [-0.25, -0.2) is 8.78 Å². The molecule has 1 heterocycles. The fourth-order valence-corrected chi connectivity index (χ4v) is 3.89. The maximum atomic E-state index is 13.6. The van der Waals surface area contributed by atoms with E-state index >= 15 is 0 Å². The Kier molecular flexibility index (Phi) is 4.06. The van der Waals surface area contributed by atoms with E-state index in [1.54, 1.807) is 0 Å². The molecule has 1 saturated heterocycles. The van der Waals surface area contributed by atoms with Gasteiger partial charge in [0.2, 0.25) is 5.92 Å². The molecule has 1 N–H and O–H groups in total. The van der Waals surface area contributed by atoms with E-state index in [9.17, 15) is 8.78 Å². The first-order valence-electron chi connectivity index (χ1n) is 7.80. The average molecular weight is 281 g/mol. The van der Waals surface area contributed by atoms with Gasteiger partial charge in [0.15, 0.2) is 0 Å². The molecule has 1 aliphatic carbocycles. The molecule has 0 aromatic heterocycles. The van der Waals surface area contributed by atoms with Crippen molar-refractivity contribution in [1.29, 1.82) is 0 Å². The second kappa shape index (κ2) is 5.80. The maximum absolute atomic E-state index is 13.6. The van der Waals surface area contributed by atoms with Crippen LogP contribution in [0.4, 0.5) is 8.78 Å². The van der Waals surface area contributed by atoms with Crippen LogP contribution in [0.5, 0.6) is 0 Å². The Balaban J connectivity index is 0.00000161. The molecule has 2 unspecified atom stereocenters. The van der Waals surface area contributed by atoms with E-state index in [-0.39, 0.29) is 26.2 Å². The Labute approximate surface area is 121 Å². The Morgan fingerprint density at radius 3 is 2.70 bits per heavy atom. The van der Waals surface area contributed by atoms with Crippen LogP contribution in [0.25, 0.3) is 0 Å². The van der Waals surface area contributed by atoms with Gasteiger partial charge in [-0.15, -0.1) is 0 Å². The Bertz CT molecular complexity index is 438. The fourth-order valence-electron chi connectivity index (χ4n) is 3.89. The molecule has 1 aliphatic heterocycles. The Morgan fingerprint density at radius 2 is 1.95 bits per heavy atom. The fraction of sp³-hybridized carbons (Fsp3) is 0.647. The molecule has 0 spiro atoms. The standard InChI is InChI=1S/C17H23F2N.H2/c18-17(19)9-4-7-15(12-17)16-11-14(8-10-20-16)13-5-2-1-3-6-13;/h1-3,5-6,14-16,20H,4,7-12H2;1H/t14?,15-,16?;/m0./s1. The van der Waals surface area contributed by atoms with Crippen molar-refractivity contribution in [2.45, 2.75) is 56.4 Å². The van der Waals surface area contributed by atoms with E-state index in [4.69, 9.17) is 0 Å². The molecule has 1 nitrogen and oxygen atoms in total. The van der Waals surface area contributed by atoms with Crippen LogP contribution in [-0.4, -0.2) is 18.5 Å². The first kappa shape index (κ1) is 14.0. The molecule has 2 aliphatic rings. The minimum Gasteiger partial charge on any atom is -0.314 e. The summed E-state index contributed by atoms with van der Waals surface area (Å²) >= 11 is 0. The summed E-state index contributed by atoms with van der Waals surface area (Å²) < 4.78 is 27.2. The minimum absolute atomic E-state index is 0. The Hall–Kier alpha value is -0.960. The van der Waals surface area contributed by atoms with Gasteiger partial charge in [-0.1, -0.05) is 30.3 Å². The zero-order chi connectivity index (χ0) is 14.0. The normalized spacial score (nSPS) is 33.8. The second-order valence-corrected chi connectivity index (χ2v) is 6.40. The molecule has 3 rings (SSSR count). The van der Waals surface area contributed by atoms with Crippen molar-refractivity contribution in [2.75, 3.05) is 6.54 Å². The lowest BCUT2D eigenvalue weighted by molar-refractivity contribution is -0.0598. The van der Waals surface area contributed by atoms with Crippen LogP contribution < -0.4 is 5.32 Å².